The van der Waals surface area contributed by atoms with Gasteiger partial charge in [0, 0.05) is 6.54 Å². The van der Waals surface area contributed by atoms with Gasteiger partial charge in [-0.3, -0.25) is 4.90 Å². The Kier molecular flexibility index (Phi) is 6.60. The van der Waals surface area contributed by atoms with Crippen LogP contribution in [0.4, 0.5) is 0 Å². The largest absolute Gasteiger partial charge is 0.492 e. The van der Waals surface area contributed by atoms with Crippen LogP contribution < -0.4 is 4.74 Å². The highest BCUT2D eigenvalue weighted by molar-refractivity contribution is 5.44. The highest BCUT2D eigenvalue weighted by atomic mass is 16.5. The van der Waals surface area contributed by atoms with Gasteiger partial charge in [-0.2, -0.15) is 0 Å². The van der Waals surface area contributed by atoms with Gasteiger partial charge in [0.1, 0.15) is 12.4 Å². The summed E-state index contributed by atoms with van der Waals surface area (Å²) in [6.45, 7) is 9.30. The number of nitrogens with zero attached hydrogens (tertiary/aromatic N) is 1. The molecule has 0 radical (unpaired) electrons. The van der Waals surface area contributed by atoms with E-state index in [1.54, 1.807) is 16.7 Å². The van der Waals surface area contributed by atoms with Gasteiger partial charge in [0.05, 0.1) is 0 Å². The molecule has 0 amide bonds. The van der Waals surface area contributed by atoms with Gasteiger partial charge in [-0.1, -0.05) is 56.7 Å². The van der Waals surface area contributed by atoms with E-state index in [0.717, 1.165) is 30.7 Å². The molecule has 2 fully saturated rings. The van der Waals surface area contributed by atoms with Gasteiger partial charge in [0.2, 0.25) is 0 Å². The van der Waals surface area contributed by atoms with E-state index in [2.05, 4.69) is 67.3 Å². The Morgan fingerprint density at radius 1 is 1.03 bits per heavy atom. The van der Waals surface area contributed by atoms with Crippen LogP contribution in [0.1, 0.15) is 81.4 Å². The minimum atomic E-state index is 0.352. The quantitative estimate of drug-likeness (QED) is 0.489. The van der Waals surface area contributed by atoms with E-state index in [4.69, 9.17) is 4.74 Å². The van der Waals surface area contributed by atoms with Crippen molar-refractivity contribution in [3.8, 4) is 5.75 Å². The van der Waals surface area contributed by atoms with Crippen molar-refractivity contribution in [3.05, 3.63) is 65.2 Å². The van der Waals surface area contributed by atoms with Gasteiger partial charge in [0.15, 0.2) is 0 Å². The average molecular weight is 432 g/mol. The second kappa shape index (κ2) is 9.59. The molecule has 4 atom stereocenters. The van der Waals surface area contributed by atoms with E-state index in [1.165, 1.54) is 64.5 Å². The van der Waals surface area contributed by atoms with Gasteiger partial charge < -0.3 is 4.74 Å². The van der Waals surface area contributed by atoms with Crippen molar-refractivity contribution in [2.45, 2.75) is 76.5 Å². The lowest BCUT2D eigenvalue weighted by Gasteiger charge is -2.53. The maximum Gasteiger partial charge on any atom is 0.119 e. The Bertz CT molecular complexity index is 887. The van der Waals surface area contributed by atoms with Crippen molar-refractivity contribution in [3.63, 3.8) is 0 Å². The highest BCUT2D eigenvalue weighted by Crippen LogP contribution is 2.57. The molecule has 2 aliphatic carbocycles. The van der Waals surface area contributed by atoms with Crippen molar-refractivity contribution in [2.75, 3.05) is 26.2 Å². The fourth-order valence-corrected chi connectivity index (χ4v) is 7.32. The first kappa shape index (κ1) is 22.0. The second-order valence-corrected chi connectivity index (χ2v) is 10.7. The molecule has 0 N–H and O–H groups in total. The molecule has 32 heavy (non-hydrogen) atoms. The van der Waals surface area contributed by atoms with E-state index in [-0.39, 0.29) is 0 Å². The van der Waals surface area contributed by atoms with Gasteiger partial charge in [-0.05, 0) is 110 Å². The number of ether oxygens (including phenoxy) is 1. The van der Waals surface area contributed by atoms with Crippen LogP contribution in [-0.2, 0) is 11.8 Å². The Hall–Kier alpha value is -1.80. The summed E-state index contributed by atoms with van der Waals surface area (Å²) in [6, 6.07) is 18.4. The Labute approximate surface area is 195 Å². The Balaban J connectivity index is 1.30. The third kappa shape index (κ3) is 4.23. The van der Waals surface area contributed by atoms with Crippen LogP contribution in [0.25, 0.3) is 0 Å². The topological polar surface area (TPSA) is 12.5 Å². The number of piperidine rings is 1. The van der Waals surface area contributed by atoms with E-state index in [0.29, 0.717) is 11.3 Å². The summed E-state index contributed by atoms with van der Waals surface area (Å²) >= 11 is 0. The summed E-state index contributed by atoms with van der Waals surface area (Å²) in [6.07, 6.45) is 10.5. The smallest absolute Gasteiger partial charge is 0.119 e. The molecule has 1 saturated heterocycles. The standard InChI is InChI=1S/C30H41NO/c1-3-30-22-23(2)28(24-10-6-4-7-11-24)21-26(30)13-12-25-20-27(14-15-29(25)30)32-19-18-31-16-8-5-9-17-31/h4,6-7,10-11,14-15,20,23,26,28H,3,5,8-9,12-13,16-19,21-22H2,1-2H3/t23-,26-,28-,30-/m1/s1. The first-order valence-electron chi connectivity index (χ1n) is 13.2. The molecule has 2 heteroatoms. The zero-order valence-electron chi connectivity index (χ0n) is 20.2. The minimum absolute atomic E-state index is 0.352. The molecule has 2 aromatic rings. The van der Waals surface area contributed by atoms with Crippen LogP contribution in [0, 0.1) is 11.8 Å². The molecule has 1 saturated carbocycles. The monoisotopic (exact) mass is 431 g/mol. The summed E-state index contributed by atoms with van der Waals surface area (Å²) in [7, 11) is 0. The summed E-state index contributed by atoms with van der Waals surface area (Å²) < 4.78 is 6.23. The lowest BCUT2D eigenvalue weighted by Crippen LogP contribution is -2.45. The minimum Gasteiger partial charge on any atom is -0.492 e. The number of benzene rings is 2. The van der Waals surface area contributed by atoms with Crippen molar-refractivity contribution in [2.24, 2.45) is 11.8 Å². The molecular formula is C30H41NO. The third-order valence-electron chi connectivity index (χ3n) is 9.05. The number of likely N-dealkylation sites (tertiary alicyclic amines) is 1. The Morgan fingerprint density at radius 3 is 2.62 bits per heavy atom. The molecule has 0 unspecified atom stereocenters. The molecule has 1 aliphatic heterocycles. The van der Waals surface area contributed by atoms with E-state index in [1.807, 2.05) is 0 Å². The zero-order chi connectivity index (χ0) is 22.0. The lowest BCUT2D eigenvalue weighted by atomic mass is 9.51. The van der Waals surface area contributed by atoms with Gasteiger partial charge >= 0.3 is 0 Å². The molecule has 0 aromatic heterocycles. The van der Waals surface area contributed by atoms with Crippen molar-refractivity contribution < 1.29 is 4.74 Å². The number of aryl methyl sites for hydroxylation is 1. The summed E-state index contributed by atoms with van der Waals surface area (Å²) in [5, 5.41) is 0. The van der Waals surface area contributed by atoms with Crippen LogP contribution in [0.3, 0.4) is 0 Å². The fourth-order valence-electron chi connectivity index (χ4n) is 7.32. The molecule has 5 rings (SSSR count). The highest BCUT2D eigenvalue weighted by Gasteiger charge is 2.49. The molecule has 2 aromatic carbocycles. The van der Waals surface area contributed by atoms with Crippen LogP contribution >= 0.6 is 0 Å². The van der Waals surface area contributed by atoms with Crippen LogP contribution in [0.5, 0.6) is 5.75 Å². The summed E-state index contributed by atoms with van der Waals surface area (Å²) in [5.74, 6) is 3.31. The molecular weight excluding hydrogens is 390 g/mol. The molecule has 0 spiro atoms. The number of hydrogen-bond acceptors (Lipinski definition) is 2. The van der Waals surface area contributed by atoms with E-state index < -0.39 is 0 Å². The molecule has 0 bridgehead atoms. The normalized spacial score (nSPS) is 30.4. The zero-order valence-corrected chi connectivity index (χ0v) is 20.2. The van der Waals surface area contributed by atoms with Gasteiger partial charge in [0.25, 0.3) is 0 Å². The van der Waals surface area contributed by atoms with Crippen molar-refractivity contribution in [1.29, 1.82) is 0 Å². The van der Waals surface area contributed by atoms with Crippen molar-refractivity contribution >= 4 is 0 Å². The van der Waals surface area contributed by atoms with E-state index in [9.17, 15) is 0 Å². The molecule has 3 aliphatic rings. The fraction of sp³-hybridized carbons (Fsp3) is 0.600. The predicted octanol–water partition coefficient (Wildman–Crippen LogP) is 6.98. The van der Waals surface area contributed by atoms with Gasteiger partial charge in [-0.15, -0.1) is 0 Å². The number of hydrogen-bond donors (Lipinski definition) is 0. The van der Waals surface area contributed by atoms with Crippen LogP contribution in [0.2, 0.25) is 0 Å². The maximum absolute atomic E-state index is 6.23. The number of rotatable bonds is 6. The predicted molar refractivity (Wildman–Crippen MR) is 134 cm³/mol. The second-order valence-electron chi connectivity index (χ2n) is 10.7. The molecule has 2 nitrogen and oxygen atoms in total. The lowest BCUT2D eigenvalue weighted by molar-refractivity contribution is 0.0992. The first-order chi connectivity index (χ1) is 15.7. The molecule has 172 valence electrons. The first-order valence-corrected chi connectivity index (χ1v) is 13.2. The van der Waals surface area contributed by atoms with Crippen LogP contribution in [0.15, 0.2) is 48.5 Å². The average Bonchev–Trinajstić information content (AvgIpc) is 2.84. The SMILES string of the molecule is CC[C@@]12C[C@@H](C)[C@H](c3ccccc3)C[C@H]1CCc1cc(OCCN3CCCCC3)ccc12. The van der Waals surface area contributed by atoms with E-state index >= 15 is 0 Å². The third-order valence-corrected chi connectivity index (χ3v) is 9.05. The Morgan fingerprint density at radius 2 is 1.84 bits per heavy atom. The number of fused-ring (bicyclic) bond motifs is 3. The van der Waals surface area contributed by atoms with Crippen LogP contribution in [-0.4, -0.2) is 31.1 Å². The summed E-state index contributed by atoms with van der Waals surface area (Å²) in [5.41, 5.74) is 5.10. The molecule has 1 heterocycles. The van der Waals surface area contributed by atoms with Gasteiger partial charge in [-0.25, -0.2) is 0 Å². The summed E-state index contributed by atoms with van der Waals surface area (Å²) in [4.78, 5) is 2.56. The maximum atomic E-state index is 6.23. The van der Waals surface area contributed by atoms with Crippen molar-refractivity contribution in [1.82, 2.24) is 4.90 Å².